The van der Waals surface area contributed by atoms with Gasteiger partial charge in [-0.2, -0.15) is 0 Å². The number of aliphatic carboxylic acids is 1. The van der Waals surface area contributed by atoms with Crippen LogP contribution in [0.5, 0.6) is 0 Å². The molecule has 1 rings (SSSR count). The number of hydrogen-bond donors (Lipinski definition) is 1. The van der Waals surface area contributed by atoms with Gasteiger partial charge in [-0.1, -0.05) is 12.8 Å². The number of nitrogens with zero attached hydrogens (tertiary/aromatic N) is 2. The fourth-order valence-electron chi connectivity index (χ4n) is 1.89. The summed E-state index contributed by atoms with van der Waals surface area (Å²) in [5.41, 5.74) is 0. The number of carbonyl (C=O) groups excluding carboxylic acids is 1. The van der Waals surface area contributed by atoms with Gasteiger partial charge in [0.1, 0.15) is 0 Å². The first kappa shape index (κ1) is 12.4. The lowest BCUT2D eigenvalue weighted by atomic mass is 9.99. The molecule has 1 aliphatic rings. The summed E-state index contributed by atoms with van der Waals surface area (Å²) in [6.07, 6.45) is 5.11. The minimum atomic E-state index is -0.845. The molecule has 1 aliphatic heterocycles. The van der Waals surface area contributed by atoms with Crippen LogP contribution in [0.2, 0.25) is 0 Å². The van der Waals surface area contributed by atoms with E-state index in [1.807, 2.05) is 6.92 Å². The van der Waals surface area contributed by atoms with Crippen LogP contribution in [-0.2, 0) is 4.79 Å². The van der Waals surface area contributed by atoms with E-state index in [2.05, 4.69) is 5.92 Å². The molecule has 1 N–H and O–H groups in total. The van der Waals surface area contributed by atoms with E-state index < -0.39 is 11.9 Å². The van der Waals surface area contributed by atoms with E-state index in [-0.39, 0.29) is 25.0 Å². The van der Waals surface area contributed by atoms with Crippen molar-refractivity contribution >= 4 is 12.0 Å². The van der Waals surface area contributed by atoms with Gasteiger partial charge >= 0.3 is 12.0 Å². The van der Waals surface area contributed by atoms with Gasteiger partial charge in [-0.3, -0.25) is 4.79 Å². The second kappa shape index (κ2) is 4.88. The number of carboxylic acid groups (broad SMARTS) is 1. The molecule has 0 saturated carbocycles. The zero-order chi connectivity index (χ0) is 12.3. The molecule has 0 bridgehead atoms. The summed E-state index contributed by atoms with van der Waals surface area (Å²) in [5.74, 6) is 1.05. The van der Waals surface area contributed by atoms with Gasteiger partial charge in [0.2, 0.25) is 0 Å². The van der Waals surface area contributed by atoms with Gasteiger partial charge in [-0.25, -0.2) is 4.79 Å². The Bertz CT molecular complexity index is 335. The molecular formula is C11H16N2O3. The molecule has 2 unspecified atom stereocenters. The summed E-state index contributed by atoms with van der Waals surface area (Å²) in [5, 5.41) is 8.94. The summed E-state index contributed by atoms with van der Waals surface area (Å²) in [6.45, 7) is 2.82. The molecule has 1 fully saturated rings. The highest BCUT2D eigenvalue weighted by Crippen LogP contribution is 2.23. The van der Waals surface area contributed by atoms with Crippen molar-refractivity contribution in [3.8, 4) is 12.3 Å². The largest absolute Gasteiger partial charge is 0.481 e. The van der Waals surface area contributed by atoms with Crippen LogP contribution in [-0.4, -0.2) is 53.6 Å². The molecule has 5 nitrogen and oxygen atoms in total. The molecule has 5 heteroatoms. The normalized spacial score (nSPS) is 23.9. The fraction of sp³-hybridized carbons (Fsp3) is 0.636. The molecule has 16 heavy (non-hydrogen) atoms. The zero-order valence-corrected chi connectivity index (χ0v) is 9.51. The third-order valence-electron chi connectivity index (χ3n) is 2.86. The number of carboxylic acids is 1. The van der Waals surface area contributed by atoms with Crippen LogP contribution >= 0.6 is 0 Å². The molecule has 1 saturated heterocycles. The van der Waals surface area contributed by atoms with E-state index in [4.69, 9.17) is 11.5 Å². The topological polar surface area (TPSA) is 60.9 Å². The van der Waals surface area contributed by atoms with Gasteiger partial charge < -0.3 is 14.9 Å². The number of terminal acetylenes is 1. The third-order valence-corrected chi connectivity index (χ3v) is 2.86. The zero-order valence-electron chi connectivity index (χ0n) is 9.51. The van der Waals surface area contributed by atoms with E-state index in [1.54, 1.807) is 11.9 Å². The molecule has 2 amide bonds. The van der Waals surface area contributed by atoms with Crippen molar-refractivity contribution in [2.24, 2.45) is 11.8 Å². The molecule has 0 spiro atoms. The second-order valence-electron chi connectivity index (χ2n) is 4.17. The van der Waals surface area contributed by atoms with Gasteiger partial charge in [0.05, 0.1) is 12.5 Å². The van der Waals surface area contributed by atoms with E-state index >= 15 is 0 Å². The van der Waals surface area contributed by atoms with Crippen LogP contribution in [0.15, 0.2) is 0 Å². The van der Waals surface area contributed by atoms with E-state index in [9.17, 15) is 9.59 Å². The second-order valence-corrected chi connectivity index (χ2v) is 4.17. The van der Waals surface area contributed by atoms with Gasteiger partial charge in [-0.05, 0) is 5.92 Å². The monoisotopic (exact) mass is 224 g/mol. The van der Waals surface area contributed by atoms with Crippen molar-refractivity contribution in [1.29, 1.82) is 0 Å². The first-order chi connectivity index (χ1) is 7.47. The SMILES string of the molecule is C#CCN(C)C(=O)N1CC(C)C(C(=O)O)C1. The lowest BCUT2D eigenvalue weighted by molar-refractivity contribution is -0.142. The molecule has 1 heterocycles. The van der Waals surface area contributed by atoms with Gasteiger partial charge in [0, 0.05) is 20.1 Å². The standard InChI is InChI=1S/C11H16N2O3/c1-4-5-12(3)11(16)13-6-8(2)9(7-13)10(14)15/h1,8-9H,5-7H2,2-3H3,(H,14,15). The number of likely N-dealkylation sites (tertiary alicyclic amines) is 1. The number of carbonyl (C=O) groups is 2. The smallest absolute Gasteiger partial charge is 0.320 e. The van der Waals surface area contributed by atoms with E-state index in [0.29, 0.717) is 6.54 Å². The lowest BCUT2D eigenvalue weighted by Crippen LogP contribution is -2.40. The molecule has 0 aromatic carbocycles. The van der Waals surface area contributed by atoms with E-state index in [0.717, 1.165) is 0 Å². The molecule has 0 aromatic heterocycles. The van der Waals surface area contributed by atoms with Crippen LogP contribution in [0.25, 0.3) is 0 Å². The summed E-state index contributed by atoms with van der Waals surface area (Å²) in [7, 11) is 1.61. The van der Waals surface area contributed by atoms with Crippen LogP contribution in [0.1, 0.15) is 6.92 Å². The van der Waals surface area contributed by atoms with Gasteiger partial charge in [0.25, 0.3) is 0 Å². The highest BCUT2D eigenvalue weighted by molar-refractivity contribution is 5.77. The Hall–Kier alpha value is -1.70. The van der Waals surface area contributed by atoms with Crippen molar-refractivity contribution in [2.45, 2.75) is 6.92 Å². The maximum Gasteiger partial charge on any atom is 0.320 e. The number of urea groups is 1. The maximum absolute atomic E-state index is 11.8. The molecule has 0 radical (unpaired) electrons. The third kappa shape index (κ3) is 2.45. The minimum Gasteiger partial charge on any atom is -0.481 e. The predicted octanol–water partition coefficient (Wildman–Crippen LogP) is 0.324. The summed E-state index contributed by atoms with van der Waals surface area (Å²) >= 11 is 0. The first-order valence-corrected chi connectivity index (χ1v) is 5.13. The Kier molecular flexibility index (Phi) is 3.78. The van der Waals surface area contributed by atoms with Crippen LogP contribution in [0, 0.1) is 24.2 Å². The maximum atomic E-state index is 11.8. The highest BCUT2D eigenvalue weighted by atomic mass is 16.4. The highest BCUT2D eigenvalue weighted by Gasteiger charge is 2.37. The molecular weight excluding hydrogens is 208 g/mol. The van der Waals surface area contributed by atoms with Crippen molar-refractivity contribution in [2.75, 3.05) is 26.7 Å². The Morgan fingerprint density at radius 1 is 1.56 bits per heavy atom. The van der Waals surface area contributed by atoms with Crippen molar-refractivity contribution in [1.82, 2.24) is 9.80 Å². The summed E-state index contributed by atoms with van der Waals surface area (Å²) in [4.78, 5) is 25.7. The lowest BCUT2D eigenvalue weighted by Gasteiger charge is -2.22. The van der Waals surface area contributed by atoms with Crippen molar-refractivity contribution in [3.05, 3.63) is 0 Å². The Morgan fingerprint density at radius 3 is 2.62 bits per heavy atom. The van der Waals surface area contributed by atoms with Crippen LogP contribution < -0.4 is 0 Å². The number of hydrogen-bond acceptors (Lipinski definition) is 2. The summed E-state index contributed by atoms with van der Waals surface area (Å²) in [6, 6.07) is -0.200. The number of rotatable bonds is 2. The molecule has 0 aliphatic carbocycles. The quantitative estimate of drug-likeness (QED) is 0.687. The van der Waals surface area contributed by atoms with E-state index in [1.165, 1.54) is 4.90 Å². The van der Waals surface area contributed by atoms with Crippen molar-refractivity contribution < 1.29 is 14.7 Å². The Balaban J connectivity index is 2.62. The Labute approximate surface area is 95.0 Å². The molecule has 88 valence electrons. The average molecular weight is 224 g/mol. The minimum absolute atomic E-state index is 0.0133. The average Bonchev–Trinajstić information content (AvgIpc) is 2.59. The molecule has 0 aromatic rings. The Morgan fingerprint density at radius 2 is 2.19 bits per heavy atom. The van der Waals surface area contributed by atoms with Gasteiger partial charge in [0.15, 0.2) is 0 Å². The van der Waals surface area contributed by atoms with Gasteiger partial charge in [-0.15, -0.1) is 6.42 Å². The van der Waals surface area contributed by atoms with Crippen LogP contribution in [0.3, 0.4) is 0 Å². The summed E-state index contributed by atoms with van der Waals surface area (Å²) < 4.78 is 0. The number of amides is 2. The molecule has 2 atom stereocenters. The van der Waals surface area contributed by atoms with Crippen molar-refractivity contribution in [3.63, 3.8) is 0 Å². The van der Waals surface area contributed by atoms with Crippen LogP contribution in [0.4, 0.5) is 4.79 Å². The predicted molar refractivity (Wildman–Crippen MR) is 58.7 cm³/mol. The first-order valence-electron chi connectivity index (χ1n) is 5.13. The fourth-order valence-corrected chi connectivity index (χ4v) is 1.89.